The van der Waals surface area contributed by atoms with Crippen LogP contribution in [0.4, 0.5) is 0 Å². The van der Waals surface area contributed by atoms with E-state index in [1.165, 1.54) is 18.1 Å². The third kappa shape index (κ3) is 2.86. The molecule has 0 saturated carbocycles. The van der Waals surface area contributed by atoms with Crippen LogP contribution in [0, 0.1) is 0 Å². The van der Waals surface area contributed by atoms with Crippen molar-refractivity contribution in [2.45, 2.75) is 36.1 Å². The monoisotopic (exact) mass is 238 g/mol. The Bertz CT molecular complexity index is 426. The molecule has 16 heavy (non-hydrogen) atoms. The largest absolute Gasteiger partial charge is 0.454 e. The number of furan rings is 1. The molecule has 0 radical (unpaired) electrons. The zero-order chi connectivity index (χ0) is 11.4. The maximum Gasteiger partial charge on any atom is 0.191 e. The van der Waals surface area contributed by atoms with Gasteiger partial charge in [-0.05, 0) is 30.3 Å². The van der Waals surface area contributed by atoms with Crippen LogP contribution in [-0.2, 0) is 6.42 Å². The predicted molar refractivity (Wildman–Crippen MR) is 61.2 cm³/mol. The Labute approximate surface area is 97.8 Å². The Balaban J connectivity index is 1.97. The van der Waals surface area contributed by atoms with Crippen molar-refractivity contribution < 1.29 is 4.42 Å². The molecule has 1 unspecified atom stereocenters. The summed E-state index contributed by atoms with van der Waals surface area (Å²) in [5.41, 5.74) is 5.85. The number of nitrogens with one attached hydrogen (secondary N) is 1. The van der Waals surface area contributed by atoms with Crippen molar-refractivity contribution in [3.8, 4) is 0 Å². The highest BCUT2D eigenvalue weighted by atomic mass is 32.2. The molecule has 3 N–H and O–H groups in total. The molecule has 2 rings (SSSR count). The van der Waals surface area contributed by atoms with Crippen LogP contribution in [0.25, 0.3) is 0 Å². The summed E-state index contributed by atoms with van der Waals surface area (Å²) in [5, 5.41) is 8.06. The second-order valence-electron chi connectivity index (χ2n) is 3.49. The molecule has 2 aromatic rings. The van der Waals surface area contributed by atoms with Crippen molar-refractivity contribution in [1.29, 1.82) is 0 Å². The molecular formula is C10H14N4OS. The summed E-state index contributed by atoms with van der Waals surface area (Å²) in [5.74, 6) is 0.913. The third-order valence-corrected chi connectivity index (χ3v) is 3.03. The lowest BCUT2D eigenvalue weighted by Gasteiger charge is -2.04. The molecule has 2 aromatic heterocycles. The maximum absolute atomic E-state index is 5.85. The van der Waals surface area contributed by atoms with Crippen LogP contribution in [-0.4, -0.2) is 21.2 Å². The molecule has 0 aromatic carbocycles. The Morgan fingerprint density at radius 3 is 3.12 bits per heavy atom. The summed E-state index contributed by atoms with van der Waals surface area (Å²) in [6, 6.07) is 4.04. The van der Waals surface area contributed by atoms with Crippen LogP contribution in [0.3, 0.4) is 0 Å². The fraction of sp³-hybridized carbons (Fsp3) is 0.400. The molecule has 0 aliphatic rings. The van der Waals surface area contributed by atoms with E-state index in [1.807, 2.05) is 12.1 Å². The van der Waals surface area contributed by atoms with E-state index in [4.69, 9.17) is 10.2 Å². The molecule has 0 aliphatic heterocycles. The molecular weight excluding hydrogens is 224 g/mol. The summed E-state index contributed by atoms with van der Waals surface area (Å²) >= 11 is 1.41. The Hall–Kier alpha value is -1.27. The smallest absolute Gasteiger partial charge is 0.191 e. The van der Waals surface area contributed by atoms with Gasteiger partial charge >= 0.3 is 0 Å². The number of hydrogen-bond acceptors (Lipinski definition) is 5. The zero-order valence-corrected chi connectivity index (χ0v) is 9.83. The SMILES string of the molecule is CCC(N)Cc1ccc(Sc2ncn[nH]2)o1. The average molecular weight is 238 g/mol. The van der Waals surface area contributed by atoms with Crippen molar-refractivity contribution >= 4 is 11.8 Å². The Morgan fingerprint density at radius 2 is 2.44 bits per heavy atom. The number of rotatable bonds is 5. The third-order valence-electron chi connectivity index (χ3n) is 2.21. The normalized spacial score (nSPS) is 12.9. The van der Waals surface area contributed by atoms with Crippen LogP contribution in [0.2, 0.25) is 0 Å². The standard InChI is InChI=1S/C10H14N4OS/c1-2-7(11)5-8-3-4-9(15-8)16-10-12-6-13-14-10/h3-4,6-7H,2,5,11H2,1H3,(H,12,13,14). The van der Waals surface area contributed by atoms with Gasteiger partial charge in [0.2, 0.25) is 0 Å². The van der Waals surface area contributed by atoms with Crippen molar-refractivity contribution in [3.05, 3.63) is 24.2 Å². The van der Waals surface area contributed by atoms with Crippen molar-refractivity contribution in [2.75, 3.05) is 0 Å². The van der Waals surface area contributed by atoms with E-state index in [-0.39, 0.29) is 6.04 Å². The second-order valence-corrected chi connectivity index (χ2v) is 4.48. The van der Waals surface area contributed by atoms with E-state index in [2.05, 4.69) is 22.1 Å². The quantitative estimate of drug-likeness (QED) is 0.830. The van der Waals surface area contributed by atoms with E-state index in [9.17, 15) is 0 Å². The highest BCUT2D eigenvalue weighted by Gasteiger charge is 2.08. The average Bonchev–Trinajstić information content (AvgIpc) is 2.91. The molecule has 86 valence electrons. The first-order valence-electron chi connectivity index (χ1n) is 5.15. The van der Waals surface area contributed by atoms with Gasteiger partial charge in [-0.1, -0.05) is 6.92 Å². The van der Waals surface area contributed by atoms with Gasteiger partial charge in [0.1, 0.15) is 12.1 Å². The van der Waals surface area contributed by atoms with Gasteiger partial charge in [0.25, 0.3) is 0 Å². The number of nitrogens with zero attached hydrogens (tertiary/aromatic N) is 2. The maximum atomic E-state index is 5.85. The second kappa shape index (κ2) is 5.18. The van der Waals surface area contributed by atoms with Crippen LogP contribution >= 0.6 is 11.8 Å². The molecule has 2 heterocycles. The van der Waals surface area contributed by atoms with Crippen LogP contribution < -0.4 is 5.73 Å². The number of hydrogen-bond donors (Lipinski definition) is 2. The van der Waals surface area contributed by atoms with Gasteiger partial charge in [-0.15, -0.1) is 0 Å². The fourth-order valence-corrected chi connectivity index (χ4v) is 1.94. The topological polar surface area (TPSA) is 80.7 Å². The van der Waals surface area contributed by atoms with Crippen LogP contribution in [0.1, 0.15) is 19.1 Å². The van der Waals surface area contributed by atoms with E-state index in [0.717, 1.165) is 28.9 Å². The number of aromatic nitrogens is 3. The minimum atomic E-state index is 0.161. The zero-order valence-electron chi connectivity index (χ0n) is 9.01. The van der Waals surface area contributed by atoms with Crippen molar-refractivity contribution in [3.63, 3.8) is 0 Å². The fourth-order valence-electron chi connectivity index (χ4n) is 1.26. The van der Waals surface area contributed by atoms with Gasteiger partial charge in [-0.25, -0.2) is 4.98 Å². The molecule has 0 aliphatic carbocycles. The molecule has 6 heteroatoms. The van der Waals surface area contributed by atoms with Crippen LogP contribution in [0.5, 0.6) is 0 Å². The van der Waals surface area contributed by atoms with Gasteiger partial charge in [0, 0.05) is 12.5 Å². The van der Waals surface area contributed by atoms with Gasteiger partial charge in [0.05, 0.1) is 0 Å². The predicted octanol–water partition coefficient (Wildman–Crippen LogP) is 1.83. The lowest BCUT2D eigenvalue weighted by Crippen LogP contribution is -2.20. The molecule has 5 nitrogen and oxygen atoms in total. The van der Waals surface area contributed by atoms with E-state index in [0.29, 0.717) is 0 Å². The van der Waals surface area contributed by atoms with E-state index in [1.54, 1.807) is 0 Å². The van der Waals surface area contributed by atoms with E-state index >= 15 is 0 Å². The summed E-state index contributed by atoms with van der Waals surface area (Å²) < 4.78 is 5.62. The van der Waals surface area contributed by atoms with Crippen LogP contribution in [0.15, 0.2) is 33.1 Å². The van der Waals surface area contributed by atoms with Gasteiger partial charge in [-0.3, -0.25) is 5.10 Å². The minimum absolute atomic E-state index is 0.161. The van der Waals surface area contributed by atoms with Crippen molar-refractivity contribution in [2.24, 2.45) is 5.73 Å². The molecule has 0 spiro atoms. The molecule has 0 fully saturated rings. The first-order chi connectivity index (χ1) is 7.78. The first kappa shape index (κ1) is 11.2. The highest BCUT2D eigenvalue weighted by molar-refractivity contribution is 7.99. The van der Waals surface area contributed by atoms with Gasteiger partial charge in [-0.2, -0.15) is 5.10 Å². The summed E-state index contributed by atoms with van der Waals surface area (Å²) in [6.07, 6.45) is 3.19. The van der Waals surface area contributed by atoms with Crippen molar-refractivity contribution in [1.82, 2.24) is 15.2 Å². The molecule has 1 atom stereocenters. The molecule has 0 saturated heterocycles. The number of nitrogens with two attached hydrogens (primary N) is 1. The Kier molecular flexibility index (Phi) is 3.63. The summed E-state index contributed by atoms with van der Waals surface area (Å²) in [7, 11) is 0. The number of H-pyrrole nitrogens is 1. The summed E-state index contributed by atoms with van der Waals surface area (Å²) in [4.78, 5) is 4.01. The van der Waals surface area contributed by atoms with Gasteiger partial charge < -0.3 is 10.2 Å². The van der Waals surface area contributed by atoms with E-state index < -0.39 is 0 Å². The summed E-state index contributed by atoms with van der Waals surface area (Å²) in [6.45, 7) is 2.07. The van der Waals surface area contributed by atoms with Gasteiger partial charge in [0.15, 0.2) is 10.2 Å². The Morgan fingerprint density at radius 1 is 1.56 bits per heavy atom. The highest BCUT2D eigenvalue weighted by Crippen LogP contribution is 2.26. The molecule has 0 bridgehead atoms. The first-order valence-corrected chi connectivity index (χ1v) is 5.97. The minimum Gasteiger partial charge on any atom is -0.454 e. The lowest BCUT2D eigenvalue weighted by atomic mass is 10.1. The number of aromatic amines is 1. The molecule has 0 amide bonds. The lowest BCUT2D eigenvalue weighted by molar-refractivity contribution is 0.415.